The van der Waals surface area contributed by atoms with Crippen molar-refractivity contribution >= 4 is 0 Å². The lowest BCUT2D eigenvalue weighted by Gasteiger charge is -2.04. The van der Waals surface area contributed by atoms with Gasteiger partial charge in [0.25, 0.3) is 0 Å². The van der Waals surface area contributed by atoms with Crippen molar-refractivity contribution in [3.63, 3.8) is 0 Å². The van der Waals surface area contributed by atoms with Gasteiger partial charge in [-0.2, -0.15) is 0 Å². The molecule has 0 aliphatic rings. The first-order valence-corrected chi connectivity index (χ1v) is 6.80. The number of aromatic hydroxyl groups is 2. The van der Waals surface area contributed by atoms with Gasteiger partial charge in [-0.1, -0.05) is 42.8 Å². The monoisotopic (exact) mass is 256 g/mol. The van der Waals surface area contributed by atoms with Crippen LogP contribution in [0, 0.1) is 0 Å². The van der Waals surface area contributed by atoms with Gasteiger partial charge in [0.1, 0.15) is 0 Å². The molecule has 0 atom stereocenters. The van der Waals surface area contributed by atoms with Crippen LogP contribution in [0.2, 0.25) is 0 Å². The van der Waals surface area contributed by atoms with Crippen molar-refractivity contribution in [2.24, 2.45) is 0 Å². The SMILES string of the molecule is Oc1ccc(CCCCCc2ccccc2)cc1O. The smallest absolute Gasteiger partial charge is 0.157 e. The number of aryl methyl sites for hydroxylation is 2. The molecule has 0 bridgehead atoms. The lowest BCUT2D eigenvalue weighted by Crippen LogP contribution is -1.88. The summed E-state index contributed by atoms with van der Waals surface area (Å²) in [6.07, 6.45) is 5.55. The van der Waals surface area contributed by atoms with E-state index in [2.05, 4.69) is 24.3 Å². The highest BCUT2D eigenvalue weighted by molar-refractivity contribution is 5.40. The molecule has 0 spiro atoms. The van der Waals surface area contributed by atoms with Gasteiger partial charge in [0.05, 0.1) is 0 Å². The zero-order chi connectivity index (χ0) is 13.5. The maximum Gasteiger partial charge on any atom is 0.157 e. The van der Waals surface area contributed by atoms with Crippen LogP contribution in [0.4, 0.5) is 0 Å². The highest BCUT2D eigenvalue weighted by Gasteiger charge is 2.00. The summed E-state index contributed by atoms with van der Waals surface area (Å²) >= 11 is 0. The molecule has 0 aliphatic heterocycles. The maximum atomic E-state index is 9.40. The first-order chi connectivity index (χ1) is 9.25. The molecule has 0 aromatic heterocycles. The lowest BCUT2D eigenvalue weighted by molar-refractivity contribution is 0.403. The summed E-state index contributed by atoms with van der Waals surface area (Å²) in [6, 6.07) is 15.6. The number of phenols is 2. The lowest BCUT2D eigenvalue weighted by atomic mass is 10.0. The largest absolute Gasteiger partial charge is 0.504 e. The van der Waals surface area contributed by atoms with E-state index < -0.39 is 0 Å². The van der Waals surface area contributed by atoms with Crippen LogP contribution in [0.5, 0.6) is 11.5 Å². The van der Waals surface area contributed by atoms with Gasteiger partial charge in [0.15, 0.2) is 11.5 Å². The minimum atomic E-state index is -0.0483. The second-order valence-corrected chi connectivity index (χ2v) is 4.87. The van der Waals surface area contributed by atoms with Gasteiger partial charge >= 0.3 is 0 Å². The molecule has 2 rings (SSSR count). The third-order valence-electron chi connectivity index (χ3n) is 3.31. The predicted molar refractivity (Wildman–Crippen MR) is 77.5 cm³/mol. The van der Waals surface area contributed by atoms with E-state index in [1.54, 1.807) is 12.1 Å². The van der Waals surface area contributed by atoms with Crippen molar-refractivity contribution in [3.8, 4) is 11.5 Å². The Hall–Kier alpha value is -1.96. The molecule has 0 saturated carbocycles. The minimum absolute atomic E-state index is 0.0261. The van der Waals surface area contributed by atoms with E-state index in [0.717, 1.165) is 24.8 Å². The summed E-state index contributed by atoms with van der Waals surface area (Å²) in [5.74, 6) is -0.0744. The summed E-state index contributed by atoms with van der Waals surface area (Å²) in [5.41, 5.74) is 2.47. The average molecular weight is 256 g/mol. The summed E-state index contributed by atoms with van der Waals surface area (Å²) in [6.45, 7) is 0. The highest BCUT2D eigenvalue weighted by atomic mass is 16.3. The number of unbranched alkanes of at least 4 members (excludes halogenated alkanes) is 2. The van der Waals surface area contributed by atoms with Gasteiger partial charge < -0.3 is 10.2 Å². The van der Waals surface area contributed by atoms with Crippen LogP contribution in [0.3, 0.4) is 0 Å². The summed E-state index contributed by atoms with van der Waals surface area (Å²) < 4.78 is 0. The number of rotatable bonds is 6. The van der Waals surface area contributed by atoms with Crippen LogP contribution in [0.1, 0.15) is 30.4 Å². The van der Waals surface area contributed by atoms with Crippen molar-refractivity contribution < 1.29 is 10.2 Å². The van der Waals surface area contributed by atoms with E-state index in [9.17, 15) is 10.2 Å². The summed E-state index contributed by atoms with van der Waals surface area (Å²) in [7, 11) is 0. The van der Waals surface area contributed by atoms with Crippen LogP contribution in [-0.2, 0) is 12.8 Å². The van der Waals surface area contributed by atoms with Crippen LogP contribution < -0.4 is 0 Å². The molecular formula is C17H20O2. The van der Waals surface area contributed by atoms with E-state index in [4.69, 9.17) is 0 Å². The molecule has 19 heavy (non-hydrogen) atoms. The van der Waals surface area contributed by atoms with Gasteiger partial charge in [-0.05, 0) is 48.9 Å². The molecule has 2 N–H and O–H groups in total. The van der Waals surface area contributed by atoms with E-state index >= 15 is 0 Å². The number of hydrogen-bond acceptors (Lipinski definition) is 2. The zero-order valence-corrected chi connectivity index (χ0v) is 11.0. The van der Waals surface area contributed by atoms with E-state index in [0.29, 0.717) is 0 Å². The molecule has 2 aromatic carbocycles. The van der Waals surface area contributed by atoms with Crippen LogP contribution in [-0.4, -0.2) is 10.2 Å². The molecular weight excluding hydrogens is 236 g/mol. The fourth-order valence-electron chi connectivity index (χ4n) is 2.20. The van der Waals surface area contributed by atoms with E-state index in [1.807, 2.05) is 12.1 Å². The summed E-state index contributed by atoms with van der Waals surface area (Å²) in [5, 5.41) is 18.6. The molecule has 0 saturated heterocycles. The fraction of sp³-hybridized carbons (Fsp3) is 0.294. The van der Waals surface area contributed by atoms with Crippen molar-refractivity contribution in [1.82, 2.24) is 0 Å². The third-order valence-corrected chi connectivity index (χ3v) is 3.31. The van der Waals surface area contributed by atoms with Crippen molar-refractivity contribution in [2.75, 3.05) is 0 Å². The van der Waals surface area contributed by atoms with Gasteiger partial charge in [0, 0.05) is 0 Å². The second kappa shape index (κ2) is 6.83. The molecule has 0 radical (unpaired) electrons. The zero-order valence-electron chi connectivity index (χ0n) is 11.0. The average Bonchev–Trinajstić information content (AvgIpc) is 2.43. The normalized spacial score (nSPS) is 10.5. The predicted octanol–water partition coefficient (Wildman–Crippen LogP) is 4.05. The third kappa shape index (κ3) is 4.32. The van der Waals surface area contributed by atoms with Crippen molar-refractivity contribution in [2.45, 2.75) is 32.1 Å². The number of benzene rings is 2. The molecule has 0 unspecified atom stereocenters. The molecule has 0 aliphatic carbocycles. The van der Waals surface area contributed by atoms with Crippen LogP contribution in [0.25, 0.3) is 0 Å². The van der Waals surface area contributed by atoms with Crippen LogP contribution >= 0.6 is 0 Å². The van der Waals surface area contributed by atoms with Crippen molar-refractivity contribution in [1.29, 1.82) is 0 Å². The topological polar surface area (TPSA) is 40.5 Å². The van der Waals surface area contributed by atoms with E-state index in [1.165, 1.54) is 18.4 Å². The molecule has 0 amide bonds. The minimum Gasteiger partial charge on any atom is -0.504 e. The van der Waals surface area contributed by atoms with Crippen molar-refractivity contribution in [3.05, 3.63) is 59.7 Å². The van der Waals surface area contributed by atoms with Gasteiger partial charge in [-0.25, -0.2) is 0 Å². The highest BCUT2D eigenvalue weighted by Crippen LogP contribution is 2.25. The first kappa shape index (κ1) is 13.5. The Balaban J connectivity index is 1.68. The molecule has 2 aromatic rings. The Morgan fingerprint density at radius 3 is 2.00 bits per heavy atom. The Bertz CT molecular complexity index is 506. The molecule has 2 heteroatoms. The standard InChI is InChI=1S/C17H20O2/c18-16-12-11-15(13-17(16)19)10-6-2-5-9-14-7-3-1-4-8-14/h1,3-4,7-8,11-13,18-19H,2,5-6,9-10H2. The quantitative estimate of drug-likeness (QED) is 0.604. The van der Waals surface area contributed by atoms with Gasteiger partial charge in [-0.15, -0.1) is 0 Å². The second-order valence-electron chi connectivity index (χ2n) is 4.87. The fourth-order valence-corrected chi connectivity index (χ4v) is 2.20. The summed E-state index contributed by atoms with van der Waals surface area (Å²) in [4.78, 5) is 0. The van der Waals surface area contributed by atoms with E-state index in [-0.39, 0.29) is 11.5 Å². The Kier molecular flexibility index (Phi) is 4.85. The number of phenolic OH excluding ortho intramolecular Hbond substituents is 2. The molecule has 0 heterocycles. The first-order valence-electron chi connectivity index (χ1n) is 6.80. The Morgan fingerprint density at radius 1 is 0.632 bits per heavy atom. The molecule has 0 fully saturated rings. The van der Waals surface area contributed by atoms with Crippen LogP contribution in [0.15, 0.2) is 48.5 Å². The Labute approximate surface area is 114 Å². The number of hydrogen-bond donors (Lipinski definition) is 2. The Morgan fingerprint density at radius 2 is 1.32 bits per heavy atom. The van der Waals surface area contributed by atoms with Gasteiger partial charge in [-0.3, -0.25) is 0 Å². The molecule has 100 valence electrons. The molecule has 2 nitrogen and oxygen atoms in total. The van der Waals surface area contributed by atoms with Gasteiger partial charge in [0.2, 0.25) is 0 Å². The maximum absolute atomic E-state index is 9.40.